The zero-order valence-corrected chi connectivity index (χ0v) is 18.4. The third kappa shape index (κ3) is 5.53. The van der Waals surface area contributed by atoms with Crippen LogP contribution in [0.25, 0.3) is 0 Å². The van der Waals surface area contributed by atoms with Crippen LogP contribution in [-0.4, -0.2) is 36.3 Å². The molecule has 1 aliphatic carbocycles. The van der Waals surface area contributed by atoms with E-state index in [1.165, 1.54) is 42.4 Å². The van der Waals surface area contributed by atoms with Crippen LogP contribution in [0.4, 0.5) is 5.69 Å². The molecule has 1 heterocycles. The molecule has 0 radical (unpaired) electrons. The first-order valence-electron chi connectivity index (χ1n) is 11.6. The maximum absolute atomic E-state index is 12.7. The SMILES string of the molecule is CC(NCC(=O)N1CCC(C(=O)Nc2ccccc2)CC1)c1ccc2c(c1)CCCC2. The van der Waals surface area contributed by atoms with Gasteiger partial charge in [-0.25, -0.2) is 0 Å². The minimum Gasteiger partial charge on any atom is -0.342 e. The van der Waals surface area contributed by atoms with E-state index >= 15 is 0 Å². The lowest BCUT2D eigenvalue weighted by atomic mass is 9.89. The van der Waals surface area contributed by atoms with Gasteiger partial charge in [0.25, 0.3) is 0 Å². The minimum atomic E-state index is -0.0355. The van der Waals surface area contributed by atoms with E-state index in [1.807, 2.05) is 35.2 Å². The Hall–Kier alpha value is -2.66. The average Bonchev–Trinajstić information content (AvgIpc) is 2.82. The molecule has 1 atom stereocenters. The summed E-state index contributed by atoms with van der Waals surface area (Å²) in [6.45, 7) is 3.73. The predicted octanol–water partition coefficient (Wildman–Crippen LogP) is 4.09. The van der Waals surface area contributed by atoms with Crippen molar-refractivity contribution in [3.63, 3.8) is 0 Å². The maximum atomic E-state index is 12.7. The zero-order chi connectivity index (χ0) is 21.6. The molecule has 0 spiro atoms. The molecule has 164 valence electrons. The molecule has 2 aliphatic rings. The van der Waals surface area contributed by atoms with Gasteiger partial charge < -0.3 is 15.5 Å². The van der Waals surface area contributed by atoms with Gasteiger partial charge in [0.1, 0.15) is 0 Å². The number of nitrogens with zero attached hydrogens (tertiary/aromatic N) is 1. The van der Waals surface area contributed by atoms with E-state index < -0.39 is 0 Å². The summed E-state index contributed by atoms with van der Waals surface area (Å²) >= 11 is 0. The number of benzene rings is 2. The highest BCUT2D eigenvalue weighted by atomic mass is 16.2. The summed E-state index contributed by atoms with van der Waals surface area (Å²) < 4.78 is 0. The Kier molecular flexibility index (Phi) is 7.03. The number of amides is 2. The highest BCUT2D eigenvalue weighted by molar-refractivity contribution is 5.92. The van der Waals surface area contributed by atoms with E-state index in [9.17, 15) is 9.59 Å². The van der Waals surface area contributed by atoms with Crippen LogP contribution in [0, 0.1) is 5.92 Å². The van der Waals surface area contributed by atoms with Gasteiger partial charge in [-0.05, 0) is 74.3 Å². The topological polar surface area (TPSA) is 61.4 Å². The Labute approximate surface area is 185 Å². The van der Waals surface area contributed by atoms with Crippen LogP contribution < -0.4 is 10.6 Å². The largest absolute Gasteiger partial charge is 0.342 e. The van der Waals surface area contributed by atoms with Crippen molar-refractivity contribution in [1.29, 1.82) is 0 Å². The van der Waals surface area contributed by atoms with E-state index in [4.69, 9.17) is 0 Å². The van der Waals surface area contributed by atoms with Crippen molar-refractivity contribution in [2.45, 2.75) is 51.5 Å². The molecular formula is C26H33N3O2. The molecule has 1 fully saturated rings. The predicted molar refractivity (Wildman–Crippen MR) is 124 cm³/mol. The molecule has 5 nitrogen and oxygen atoms in total. The monoisotopic (exact) mass is 419 g/mol. The second-order valence-corrected chi connectivity index (χ2v) is 8.85. The standard InChI is InChI=1S/C26H33N3O2/c1-19(22-12-11-20-7-5-6-8-23(20)17-22)27-18-25(30)29-15-13-21(14-16-29)26(31)28-24-9-3-2-4-10-24/h2-4,9-12,17,19,21,27H,5-8,13-16,18H2,1H3,(H,28,31). The molecule has 1 saturated heterocycles. The lowest BCUT2D eigenvalue weighted by Crippen LogP contribution is -2.45. The van der Waals surface area contributed by atoms with Gasteiger partial charge in [-0.3, -0.25) is 9.59 Å². The highest BCUT2D eigenvalue weighted by Gasteiger charge is 2.27. The van der Waals surface area contributed by atoms with Crippen molar-refractivity contribution in [2.24, 2.45) is 5.92 Å². The molecule has 5 heteroatoms. The first-order chi connectivity index (χ1) is 15.1. The molecule has 1 aliphatic heterocycles. The molecule has 2 amide bonds. The van der Waals surface area contributed by atoms with Crippen molar-refractivity contribution in [2.75, 3.05) is 25.0 Å². The van der Waals surface area contributed by atoms with E-state index in [-0.39, 0.29) is 23.8 Å². The number of nitrogens with one attached hydrogen (secondary N) is 2. The molecule has 31 heavy (non-hydrogen) atoms. The number of likely N-dealkylation sites (tertiary alicyclic amines) is 1. The average molecular weight is 420 g/mol. The fourth-order valence-electron chi connectivity index (χ4n) is 4.65. The van der Waals surface area contributed by atoms with Gasteiger partial charge in [-0.1, -0.05) is 36.4 Å². The van der Waals surface area contributed by atoms with Gasteiger partial charge in [0.05, 0.1) is 6.54 Å². The number of rotatable bonds is 6. The van der Waals surface area contributed by atoms with E-state index in [0.29, 0.717) is 32.5 Å². The minimum absolute atomic E-state index is 0.0355. The fourth-order valence-corrected chi connectivity index (χ4v) is 4.65. The van der Waals surface area contributed by atoms with Crippen LogP contribution in [0.3, 0.4) is 0 Å². The van der Waals surface area contributed by atoms with Gasteiger partial charge in [0, 0.05) is 30.7 Å². The molecule has 4 rings (SSSR count). The quantitative estimate of drug-likeness (QED) is 0.741. The van der Waals surface area contributed by atoms with Crippen LogP contribution in [-0.2, 0) is 22.4 Å². The smallest absolute Gasteiger partial charge is 0.236 e. The van der Waals surface area contributed by atoms with Gasteiger partial charge in [0.2, 0.25) is 11.8 Å². The van der Waals surface area contributed by atoms with Gasteiger partial charge in [-0.15, -0.1) is 0 Å². The first-order valence-corrected chi connectivity index (χ1v) is 11.6. The van der Waals surface area contributed by atoms with Crippen molar-refractivity contribution in [3.05, 3.63) is 65.2 Å². The molecule has 2 aromatic carbocycles. The molecule has 2 N–H and O–H groups in total. The van der Waals surface area contributed by atoms with E-state index in [0.717, 1.165) is 5.69 Å². The third-order valence-corrected chi connectivity index (χ3v) is 6.69. The zero-order valence-electron chi connectivity index (χ0n) is 18.4. The second kappa shape index (κ2) is 10.1. The lowest BCUT2D eigenvalue weighted by Gasteiger charge is -2.32. The summed E-state index contributed by atoms with van der Waals surface area (Å²) in [6, 6.07) is 16.5. The Balaban J connectivity index is 1.22. The Morgan fingerprint density at radius 2 is 1.71 bits per heavy atom. The van der Waals surface area contributed by atoms with Crippen LogP contribution in [0.1, 0.15) is 55.3 Å². The van der Waals surface area contributed by atoms with Crippen LogP contribution in [0.15, 0.2) is 48.5 Å². The number of piperidine rings is 1. The summed E-state index contributed by atoms with van der Waals surface area (Å²) in [5.41, 5.74) is 5.04. The third-order valence-electron chi connectivity index (χ3n) is 6.69. The summed E-state index contributed by atoms with van der Waals surface area (Å²) in [6.07, 6.45) is 6.35. The number of carbonyl (C=O) groups excluding carboxylic acids is 2. The van der Waals surface area contributed by atoms with Crippen molar-refractivity contribution >= 4 is 17.5 Å². The molecular weight excluding hydrogens is 386 g/mol. The number of para-hydroxylation sites is 1. The van der Waals surface area contributed by atoms with E-state index in [1.54, 1.807) is 0 Å². The number of fused-ring (bicyclic) bond motifs is 1. The van der Waals surface area contributed by atoms with Crippen molar-refractivity contribution in [3.8, 4) is 0 Å². The Morgan fingerprint density at radius 3 is 2.45 bits per heavy atom. The van der Waals surface area contributed by atoms with E-state index in [2.05, 4.69) is 35.8 Å². The summed E-state index contributed by atoms with van der Waals surface area (Å²) in [5, 5.41) is 6.38. The maximum Gasteiger partial charge on any atom is 0.236 e. The highest BCUT2D eigenvalue weighted by Crippen LogP contribution is 2.25. The number of hydrogen-bond acceptors (Lipinski definition) is 3. The molecule has 0 bridgehead atoms. The lowest BCUT2D eigenvalue weighted by molar-refractivity contribution is -0.133. The number of anilines is 1. The molecule has 1 unspecified atom stereocenters. The fraction of sp³-hybridized carbons (Fsp3) is 0.462. The van der Waals surface area contributed by atoms with Crippen molar-refractivity contribution < 1.29 is 9.59 Å². The summed E-state index contributed by atoms with van der Waals surface area (Å²) in [7, 11) is 0. The van der Waals surface area contributed by atoms with Gasteiger partial charge in [0.15, 0.2) is 0 Å². The Bertz CT molecular complexity index is 904. The van der Waals surface area contributed by atoms with Crippen molar-refractivity contribution in [1.82, 2.24) is 10.2 Å². The van der Waals surface area contributed by atoms with Crippen LogP contribution in [0.2, 0.25) is 0 Å². The Morgan fingerprint density at radius 1 is 1.00 bits per heavy atom. The number of aryl methyl sites for hydroxylation is 2. The second-order valence-electron chi connectivity index (χ2n) is 8.85. The molecule has 0 aromatic heterocycles. The van der Waals surface area contributed by atoms with Crippen LogP contribution in [0.5, 0.6) is 0 Å². The van der Waals surface area contributed by atoms with Gasteiger partial charge in [-0.2, -0.15) is 0 Å². The molecule has 0 saturated carbocycles. The molecule has 2 aromatic rings. The number of carbonyl (C=O) groups is 2. The normalized spacial score (nSPS) is 17.6. The van der Waals surface area contributed by atoms with Gasteiger partial charge >= 0.3 is 0 Å². The van der Waals surface area contributed by atoms with Crippen LogP contribution >= 0.6 is 0 Å². The summed E-state index contributed by atoms with van der Waals surface area (Å²) in [5.74, 6) is 0.135. The summed E-state index contributed by atoms with van der Waals surface area (Å²) in [4.78, 5) is 27.1. The first kappa shape index (κ1) is 21.6. The number of hydrogen-bond donors (Lipinski definition) is 2.